The summed E-state index contributed by atoms with van der Waals surface area (Å²) in [4.78, 5) is 17.4. The van der Waals surface area contributed by atoms with Crippen LogP contribution in [0.2, 0.25) is 0 Å². The summed E-state index contributed by atoms with van der Waals surface area (Å²) in [7, 11) is 5.30. The number of rotatable bonds is 4. The summed E-state index contributed by atoms with van der Waals surface area (Å²) in [5.41, 5.74) is 0.496. The second kappa shape index (κ2) is 8.41. The summed E-state index contributed by atoms with van der Waals surface area (Å²) >= 11 is 0. The Morgan fingerprint density at radius 3 is 2.34 bits per heavy atom. The fourth-order valence-electron chi connectivity index (χ4n) is 4.31. The van der Waals surface area contributed by atoms with Crippen molar-refractivity contribution in [2.75, 3.05) is 47.4 Å². The van der Waals surface area contributed by atoms with E-state index in [2.05, 4.69) is 26.7 Å². The minimum atomic E-state index is -0.0422. The lowest BCUT2D eigenvalue weighted by molar-refractivity contribution is 0.0703. The van der Waals surface area contributed by atoms with Gasteiger partial charge in [0.15, 0.2) is 0 Å². The number of amides is 1. The van der Waals surface area contributed by atoms with Gasteiger partial charge >= 0.3 is 0 Å². The Balaban J connectivity index is 1.47. The largest absolute Gasteiger partial charge is 0.496 e. The fraction of sp³-hybridized carbons (Fsp3) is 0.571. The minimum Gasteiger partial charge on any atom is -0.496 e. The first kappa shape index (κ1) is 19.7. The molecule has 1 aromatic carbocycles. The van der Waals surface area contributed by atoms with E-state index in [9.17, 15) is 4.79 Å². The van der Waals surface area contributed by atoms with Crippen LogP contribution in [0.15, 0.2) is 18.2 Å². The number of fused-ring (bicyclic) bond motifs is 1. The van der Waals surface area contributed by atoms with Crippen molar-refractivity contribution in [2.45, 2.75) is 31.7 Å². The highest BCUT2D eigenvalue weighted by Gasteiger charge is 2.31. The lowest BCUT2D eigenvalue weighted by Crippen LogP contribution is -2.38. The molecule has 3 heterocycles. The van der Waals surface area contributed by atoms with Crippen LogP contribution < -0.4 is 9.47 Å². The monoisotopic (exact) mass is 399 g/mol. The van der Waals surface area contributed by atoms with Crippen LogP contribution in [0.4, 0.5) is 0 Å². The number of ether oxygens (including phenoxy) is 2. The average Bonchev–Trinajstić information content (AvgIpc) is 3.08. The van der Waals surface area contributed by atoms with Gasteiger partial charge in [-0.1, -0.05) is 6.07 Å². The fourth-order valence-corrected chi connectivity index (χ4v) is 4.31. The van der Waals surface area contributed by atoms with Crippen molar-refractivity contribution in [1.29, 1.82) is 0 Å². The van der Waals surface area contributed by atoms with E-state index in [-0.39, 0.29) is 5.91 Å². The molecule has 156 valence electrons. The van der Waals surface area contributed by atoms with Gasteiger partial charge in [0.05, 0.1) is 14.2 Å². The highest BCUT2D eigenvalue weighted by atomic mass is 16.5. The first-order chi connectivity index (χ1) is 14.1. The number of likely N-dealkylation sites (tertiary alicyclic amines) is 1. The van der Waals surface area contributed by atoms with Crippen LogP contribution in [0.25, 0.3) is 0 Å². The lowest BCUT2D eigenvalue weighted by atomic mass is 9.95. The van der Waals surface area contributed by atoms with E-state index in [1.165, 1.54) is 0 Å². The summed E-state index contributed by atoms with van der Waals surface area (Å²) in [6.45, 7) is 4.35. The maximum atomic E-state index is 13.2. The number of aromatic nitrogens is 3. The molecule has 2 aliphatic heterocycles. The molecule has 0 spiro atoms. The van der Waals surface area contributed by atoms with Gasteiger partial charge in [-0.3, -0.25) is 4.79 Å². The topological polar surface area (TPSA) is 72.7 Å². The van der Waals surface area contributed by atoms with E-state index >= 15 is 0 Å². The van der Waals surface area contributed by atoms with Crippen molar-refractivity contribution < 1.29 is 14.3 Å². The molecule has 0 radical (unpaired) electrons. The molecule has 8 heteroatoms. The minimum absolute atomic E-state index is 0.0422. The first-order valence-corrected chi connectivity index (χ1v) is 10.2. The molecule has 0 aliphatic carbocycles. The van der Waals surface area contributed by atoms with Crippen molar-refractivity contribution in [3.8, 4) is 11.5 Å². The molecule has 2 aromatic rings. The molecule has 0 atom stereocenters. The molecule has 4 rings (SSSR count). The van der Waals surface area contributed by atoms with Crippen LogP contribution in [0, 0.1) is 0 Å². The maximum absolute atomic E-state index is 13.2. The molecule has 1 saturated heterocycles. The quantitative estimate of drug-likeness (QED) is 0.781. The Kier molecular flexibility index (Phi) is 5.71. The number of methoxy groups -OCH3 is 2. The molecule has 1 fully saturated rings. The molecule has 1 aromatic heterocycles. The van der Waals surface area contributed by atoms with E-state index in [0.717, 1.165) is 50.5 Å². The van der Waals surface area contributed by atoms with E-state index in [1.807, 2.05) is 11.0 Å². The van der Waals surface area contributed by atoms with Crippen molar-refractivity contribution in [1.82, 2.24) is 24.6 Å². The molecule has 0 unspecified atom stereocenters. The molecular formula is C21H29N5O3. The predicted octanol–water partition coefficient (Wildman–Crippen LogP) is 1.80. The zero-order valence-corrected chi connectivity index (χ0v) is 17.4. The lowest BCUT2D eigenvalue weighted by Gasteiger charge is -2.32. The van der Waals surface area contributed by atoms with Crippen LogP contribution in [0.1, 0.15) is 40.8 Å². The molecule has 1 amide bonds. The van der Waals surface area contributed by atoms with Gasteiger partial charge in [0.1, 0.15) is 28.7 Å². The van der Waals surface area contributed by atoms with E-state index in [4.69, 9.17) is 9.47 Å². The van der Waals surface area contributed by atoms with Crippen LogP contribution >= 0.6 is 0 Å². The molecule has 0 saturated carbocycles. The van der Waals surface area contributed by atoms with E-state index < -0.39 is 0 Å². The van der Waals surface area contributed by atoms with Crippen LogP contribution in [0.3, 0.4) is 0 Å². The second-order valence-corrected chi connectivity index (χ2v) is 7.78. The van der Waals surface area contributed by atoms with Gasteiger partial charge in [-0.2, -0.15) is 0 Å². The summed E-state index contributed by atoms with van der Waals surface area (Å²) in [6.07, 6.45) is 2.71. The molecule has 0 N–H and O–H groups in total. The molecule has 0 bridgehead atoms. The van der Waals surface area contributed by atoms with Gasteiger partial charge < -0.3 is 23.8 Å². The second-order valence-electron chi connectivity index (χ2n) is 7.78. The third-order valence-electron chi connectivity index (χ3n) is 6.07. The molecule has 8 nitrogen and oxygen atoms in total. The van der Waals surface area contributed by atoms with Gasteiger partial charge in [-0.05, 0) is 32.0 Å². The van der Waals surface area contributed by atoms with Gasteiger partial charge in [0, 0.05) is 45.1 Å². The first-order valence-electron chi connectivity index (χ1n) is 10.2. The number of carbonyl (C=O) groups is 1. The van der Waals surface area contributed by atoms with Crippen molar-refractivity contribution >= 4 is 5.91 Å². The SMILES string of the molecule is COc1cccc(OC)c1C(=O)N1CCC(c2nnc3n2CCN(C)CC3)CC1. The number of benzene rings is 1. The highest BCUT2D eigenvalue weighted by molar-refractivity contribution is 5.99. The summed E-state index contributed by atoms with van der Waals surface area (Å²) < 4.78 is 13.1. The predicted molar refractivity (Wildman–Crippen MR) is 109 cm³/mol. The number of carbonyl (C=O) groups excluding carboxylic acids is 1. The van der Waals surface area contributed by atoms with Crippen LogP contribution in [-0.4, -0.2) is 77.9 Å². The number of hydrogen-bond acceptors (Lipinski definition) is 6. The van der Waals surface area contributed by atoms with Crippen LogP contribution in [0.5, 0.6) is 11.5 Å². The van der Waals surface area contributed by atoms with Crippen molar-refractivity contribution in [3.05, 3.63) is 35.4 Å². The smallest absolute Gasteiger partial charge is 0.261 e. The van der Waals surface area contributed by atoms with Crippen molar-refractivity contribution in [3.63, 3.8) is 0 Å². The van der Waals surface area contributed by atoms with Gasteiger partial charge in [-0.25, -0.2) is 0 Å². The average molecular weight is 399 g/mol. The number of likely N-dealkylation sites (N-methyl/N-ethyl adjacent to an activating group) is 1. The maximum Gasteiger partial charge on any atom is 0.261 e. The number of hydrogen-bond donors (Lipinski definition) is 0. The van der Waals surface area contributed by atoms with Gasteiger partial charge in [0.2, 0.25) is 0 Å². The highest BCUT2D eigenvalue weighted by Crippen LogP contribution is 2.33. The Bertz CT molecular complexity index is 851. The number of piperidine rings is 1. The van der Waals surface area contributed by atoms with E-state index in [0.29, 0.717) is 36.1 Å². The zero-order valence-electron chi connectivity index (χ0n) is 17.4. The van der Waals surface area contributed by atoms with E-state index in [1.54, 1.807) is 26.4 Å². The third kappa shape index (κ3) is 3.81. The Morgan fingerprint density at radius 1 is 1.00 bits per heavy atom. The zero-order chi connectivity index (χ0) is 20.4. The normalized spacial score (nSPS) is 18.2. The third-order valence-corrected chi connectivity index (χ3v) is 6.07. The molecule has 29 heavy (non-hydrogen) atoms. The van der Waals surface area contributed by atoms with Gasteiger partial charge in [-0.15, -0.1) is 10.2 Å². The van der Waals surface area contributed by atoms with Gasteiger partial charge in [0.25, 0.3) is 5.91 Å². The Hall–Kier alpha value is -2.61. The molecular weight excluding hydrogens is 370 g/mol. The molecule has 2 aliphatic rings. The van der Waals surface area contributed by atoms with Crippen LogP contribution in [-0.2, 0) is 13.0 Å². The number of nitrogens with zero attached hydrogens (tertiary/aromatic N) is 5. The Morgan fingerprint density at radius 2 is 1.69 bits per heavy atom. The Labute approximate surface area is 171 Å². The standard InChI is InChI=1S/C21H29N5O3/c1-24-10-9-18-22-23-20(26(18)14-13-24)15-7-11-25(12-8-15)21(27)19-16(28-2)5-4-6-17(19)29-3/h4-6,15H,7-14H2,1-3H3. The van der Waals surface area contributed by atoms with Crippen molar-refractivity contribution in [2.24, 2.45) is 0 Å². The summed E-state index contributed by atoms with van der Waals surface area (Å²) in [5.74, 6) is 3.55. The summed E-state index contributed by atoms with van der Waals surface area (Å²) in [6, 6.07) is 5.42. The summed E-state index contributed by atoms with van der Waals surface area (Å²) in [5, 5.41) is 8.97.